The van der Waals surface area contributed by atoms with Gasteiger partial charge in [0.1, 0.15) is 0 Å². The summed E-state index contributed by atoms with van der Waals surface area (Å²) in [5.74, 6) is 0. The SMILES string of the molecule is CCCCCCCCN(CC)CCCCO. The van der Waals surface area contributed by atoms with E-state index in [1.165, 1.54) is 45.1 Å². The first-order valence-corrected chi connectivity index (χ1v) is 7.18. The first-order chi connectivity index (χ1) is 7.85. The molecular weight excluding hydrogens is 198 g/mol. The van der Waals surface area contributed by atoms with E-state index in [0.717, 1.165) is 25.9 Å². The Balaban J connectivity index is 3.26. The van der Waals surface area contributed by atoms with Crippen LogP contribution in [0.25, 0.3) is 0 Å². The maximum absolute atomic E-state index is 8.73. The standard InChI is InChI=1S/C14H31NO/c1-3-5-6-7-8-9-12-15(4-2)13-10-11-14-16/h16H,3-14H2,1-2H3. The first-order valence-electron chi connectivity index (χ1n) is 7.18. The third-order valence-electron chi connectivity index (χ3n) is 3.16. The van der Waals surface area contributed by atoms with Gasteiger partial charge in [0.15, 0.2) is 0 Å². The van der Waals surface area contributed by atoms with Crippen molar-refractivity contribution in [2.45, 2.75) is 65.2 Å². The smallest absolute Gasteiger partial charge is 0.0431 e. The number of aliphatic hydroxyl groups excluding tert-OH is 1. The van der Waals surface area contributed by atoms with Crippen LogP contribution in [0.5, 0.6) is 0 Å². The number of hydrogen-bond acceptors (Lipinski definition) is 2. The molecule has 0 aromatic carbocycles. The van der Waals surface area contributed by atoms with Gasteiger partial charge in [-0.25, -0.2) is 0 Å². The lowest BCUT2D eigenvalue weighted by Crippen LogP contribution is -2.25. The van der Waals surface area contributed by atoms with Crippen molar-refractivity contribution in [1.82, 2.24) is 4.90 Å². The second kappa shape index (κ2) is 13.0. The monoisotopic (exact) mass is 229 g/mol. The highest BCUT2D eigenvalue weighted by Gasteiger charge is 2.01. The minimum atomic E-state index is 0.342. The van der Waals surface area contributed by atoms with Crippen molar-refractivity contribution in [3.63, 3.8) is 0 Å². The molecule has 0 aliphatic heterocycles. The lowest BCUT2D eigenvalue weighted by molar-refractivity contribution is 0.245. The van der Waals surface area contributed by atoms with Crippen LogP contribution in [0.2, 0.25) is 0 Å². The molecule has 0 heterocycles. The molecule has 16 heavy (non-hydrogen) atoms. The van der Waals surface area contributed by atoms with Gasteiger partial charge in [-0.1, -0.05) is 46.0 Å². The molecule has 0 radical (unpaired) electrons. The van der Waals surface area contributed by atoms with Crippen molar-refractivity contribution >= 4 is 0 Å². The van der Waals surface area contributed by atoms with Gasteiger partial charge in [0.25, 0.3) is 0 Å². The molecule has 0 fully saturated rings. The molecule has 0 amide bonds. The molecular formula is C14H31NO. The average Bonchev–Trinajstić information content (AvgIpc) is 2.31. The molecule has 1 N–H and O–H groups in total. The molecule has 0 saturated heterocycles. The highest BCUT2D eigenvalue weighted by atomic mass is 16.2. The Morgan fingerprint density at radius 2 is 1.31 bits per heavy atom. The van der Waals surface area contributed by atoms with E-state index in [1.807, 2.05) is 0 Å². The summed E-state index contributed by atoms with van der Waals surface area (Å²) in [5.41, 5.74) is 0. The van der Waals surface area contributed by atoms with Gasteiger partial charge < -0.3 is 10.0 Å². The molecule has 2 heteroatoms. The van der Waals surface area contributed by atoms with Crippen molar-refractivity contribution in [1.29, 1.82) is 0 Å². The maximum Gasteiger partial charge on any atom is 0.0431 e. The minimum absolute atomic E-state index is 0.342. The first kappa shape index (κ1) is 15.9. The van der Waals surface area contributed by atoms with E-state index in [9.17, 15) is 0 Å². The van der Waals surface area contributed by atoms with Gasteiger partial charge >= 0.3 is 0 Å². The second-order valence-corrected chi connectivity index (χ2v) is 4.63. The van der Waals surface area contributed by atoms with E-state index in [0.29, 0.717) is 6.61 Å². The van der Waals surface area contributed by atoms with E-state index < -0.39 is 0 Å². The van der Waals surface area contributed by atoms with E-state index in [-0.39, 0.29) is 0 Å². The topological polar surface area (TPSA) is 23.5 Å². The van der Waals surface area contributed by atoms with E-state index in [1.54, 1.807) is 0 Å². The Labute approximate surface area is 102 Å². The Hall–Kier alpha value is -0.0800. The quantitative estimate of drug-likeness (QED) is 0.518. The number of hydrogen-bond donors (Lipinski definition) is 1. The predicted octanol–water partition coefficient (Wildman–Crippen LogP) is 3.44. The van der Waals surface area contributed by atoms with Crippen LogP contribution in [0, 0.1) is 0 Å². The molecule has 0 rings (SSSR count). The zero-order valence-corrected chi connectivity index (χ0v) is 11.4. The number of aliphatic hydroxyl groups is 1. The summed E-state index contributed by atoms with van der Waals surface area (Å²) in [4.78, 5) is 2.51. The highest BCUT2D eigenvalue weighted by Crippen LogP contribution is 2.06. The van der Waals surface area contributed by atoms with Crippen LogP contribution in [0.1, 0.15) is 65.2 Å². The second-order valence-electron chi connectivity index (χ2n) is 4.63. The van der Waals surface area contributed by atoms with Crippen LogP contribution in [0.15, 0.2) is 0 Å². The largest absolute Gasteiger partial charge is 0.396 e. The molecule has 0 aliphatic rings. The van der Waals surface area contributed by atoms with Gasteiger partial charge in [-0.15, -0.1) is 0 Å². The van der Waals surface area contributed by atoms with Crippen molar-refractivity contribution < 1.29 is 5.11 Å². The van der Waals surface area contributed by atoms with E-state index >= 15 is 0 Å². The zero-order valence-electron chi connectivity index (χ0n) is 11.4. The minimum Gasteiger partial charge on any atom is -0.396 e. The van der Waals surface area contributed by atoms with Crippen molar-refractivity contribution in [2.75, 3.05) is 26.2 Å². The summed E-state index contributed by atoms with van der Waals surface area (Å²) in [7, 11) is 0. The van der Waals surface area contributed by atoms with Crippen molar-refractivity contribution in [2.24, 2.45) is 0 Å². The van der Waals surface area contributed by atoms with Gasteiger partial charge in [0.2, 0.25) is 0 Å². The van der Waals surface area contributed by atoms with Crippen LogP contribution < -0.4 is 0 Å². The lowest BCUT2D eigenvalue weighted by atomic mass is 10.1. The number of rotatable bonds is 12. The normalized spacial score (nSPS) is 11.2. The van der Waals surface area contributed by atoms with Crippen LogP contribution in [-0.2, 0) is 0 Å². The van der Waals surface area contributed by atoms with E-state index in [2.05, 4.69) is 18.7 Å². The molecule has 0 aromatic rings. The summed E-state index contributed by atoms with van der Waals surface area (Å²) >= 11 is 0. The highest BCUT2D eigenvalue weighted by molar-refractivity contribution is 4.56. The fraction of sp³-hybridized carbons (Fsp3) is 1.00. The van der Waals surface area contributed by atoms with Crippen LogP contribution >= 0.6 is 0 Å². The molecule has 0 unspecified atom stereocenters. The molecule has 0 aromatic heterocycles. The summed E-state index contributed by atoms with van der Waals surface area (Å²) in [5, 5.41) is 8.73. The van der Waals surface area contributed by atoms with Gasteiger partial charge in [-0.2, -0.15) is 0 Å². The Morgan fingerprint density at radius 3 is 1.88 bits per heavy atom. The molecule has 0 spiro atoms. The van der Waals surface area contributed by atoms with Gasteiger partial charge in [-0.05, 0) is 38.9 Å². The maximum atomic E-state index is 8.73. The van der Waals surface area contributed by atoms with Crippen LogP contribution in [-0.4, -0.2) is 36.2 Å². The molecule has 0 atom stereocenters. The zero-order chi connectivity index (χ0) is 12.1. The van der Waals surface area contributed by atoms with Crippen LogP contribution in [0.4, 0.5) is 0 Å². The molecule has 2 nitrogen and oxygen atoms in total. The molecule has 98 valence electrons. The fourth-order valence-corrected chi connectivity index (χ4v) is 1.99. The Bertz CT molecular complexity index is 128. The van der Waals surface area contributed by atoms with E-state index in [4.69, 9.17) is 5.11 Å². The Kier molecular flexibility index (Phi) is 12.9. The number of nitrogens with zero attached hydrogens (tertiary/aromatic N) is 1. The number of unbranched alkanes of at least 4 members (excludes halogenated alkanes) is 6. The summed E-state index contributed by atoms with van der Waals surface area (Å²) < 4.78 is 0. The Morgan fingerprint density at radius 1 is 0.750 bits per heavy atom. The third kappa shape index (κ3) is 10.4. The van der Waals surface area contributed by atoms with Gasteiger partial charge in [-0.3, -0.25) is 0 Å². The third-order valence-corrected chi connectivity index (χ3v) is 3.16. The molecule has 0 aliphatic carbocycles. The predicted molar refractivity (Wildman–Crippen MR) is 71.8 cm³/mol. The van der Waals surface area contributed by atoms with Crippen molar-refractivity contribution in [3.05, 3.63) is 0 Å². The lowest BCUT2D eigenvalue weighted by Gasteiger charge is -2.19. The summed E-state index contributed by atoms with van der Waals surface area (Å²) in [6.45, 7) is 8.39. The van der Waals surface area contributed by atoms with Gasteiger partial charge in [0.05, 0.1) is 0 Å². The summed E-state index contributed by atoms with van der Waals surface area (Å²) in [6, 6.07) is 0. The summed E-state index contributed by atoms with van der Waals surface area (Å²) in [6.07, 6.45) is 10.4. The van der Waals surface area contributed by atoms with Crippen molar-refractivity contribution in [3.8, 4) is 0 Å². The molecule has 0 bridgehead atoms. The van der Waals surface area contributed by atoms with Gasteiger partial charge in [0, 0.05) is 6.61 Å². The molecule has 0 saturated carbocycles. The average molecular weight is 229 g/mol. The van der Waals surface area contributed by atoms with Crippen LogP contribution in [0.3, 0.4) is 0 Å². The fourth-order valence-electron chi connectivity index (χ4n) is 1.99.